The lowest BCUT2D eigenvalue weighted by atomic mass is 10.2. The molecule has 0 bridgehead atoms. The van der Waals surface area contributed by atoms with Gasteiger partial charge in [0, 0.05) is 10.6 Å². The summed E-state index contributed by atoms with van der Waals surface area (Å²) < 4.78 is 9.06. The third-order valence-electron chi connectivity index (χ3n) is 2.68. The largest absolute Gasteiger partial charge is 0.462 e. The maximum atomic E-state index is 12.1. The van der Waals surface area contributed by atoms with Gasteiger partial charge in [0.1, 0.15) is 10.6 Å². The fourth-order valence-corrected chi connectivity index (χ4v) is 2.58. The van der Waals surface area contributed by atoms with Crippen molar-refractivity contribution < 1.29 is 14.3 Å². The van der Waals surface area contributed by atoms with Crippen molar-refractivity contribution in [1.29, 1.82) is 0 Å². The minimum Gasteiger partial charge on any atom is -0.462 e. The van der Waals surface area contributed by atoms with E-state index < -0.39 is 5.97 Å². The van der Waals surface area contributed by atoms with Crippen LogP contribution in [-0.2, 0) is 4.74 Å². The second-order valence-corrected chi connectivity index (χ2v) is 5.36. The highest BCUT2D eigenvalue weighted by Gasteiger charge is 2.21. The summed E-state index contributed by atoms with van der Waals surface area (Å²) in [7, 11) is 0. The first-order valence-corrected chi connectivity index (χ1v) is 7.38. The first kappa shape index (κ1) is 15.5. The van der Waals surface area contributed by atoms with E-state index in [1.807, 2.05) is 0 Å². The molecule has 0 spiro atoms. The van der Waals surface area contributed by atoms with Crippen LogP contribution in [0.5, 0.6) is 0 Å². The highest BCUT2D eigenvalue weighted by Crippen LogP contribution is 2.26. The number of nitrogens with zero attached hydrogens (tertiary/aromatic N) is 1. The molecule has 1 aromatic heterocycles. The number of aromatic nitrogens is 1. The van der Waals surface area contributed by atoms with E-state index in [1.165, 1.54) is 0 Å². The Balaban J connectivity index is 2.22. The maximum absolute atomic E-state index is 12.1. The minimum absolute atomic E-state index is 0.263. The quantitative estimate of drug-likeness (QED) is 0.873. The molecule has 0 saturated heterocycles. The van der Waals surface area contributed by atoms with E-state index in [0.717, 1.165) is 11.5 Å². The predicted molar refractivity (Wildman–Crippen MR) is 82.2 cm³/mol. The van der Waals surface area contributed by atoms with Crippen molar-refractivity contribution in [3.8, 4) is 0 Å². The highest BCUT2D eigenvalue weighted by atomic mass is 35.5. The van der Waals surface area contributed by atoms with Crippen molar-refractivity contribution in [2.75, 3.05) is 11.9 Å². The molecule has 1 aromatic carbocycles. The number of hydrogen-bond donors (Lipinski definition) is 1. The van der Waals surface area contributed by atoms with Crippen LogP contribution in [0, 0.1) is 6.92 Å². The van der Waals surface area contributed by atoms with Gasteiger partial charge in [0.05, 0.1) is 12.3 Å². The zero-order chi connectivity index (χ0) is 15.4. The number of esters is 1. The van der Waals surface area contributed by atoms with Gasteiger partial charge in [-0.2, -0.15) is 4.37 Å². The number of hydrogen-bond acceptors (Lipinski definition) is 5. The van der Waals surface area contributed by atoms with Gasteiger partial charge < -0.3 is 10.1 Å². The third-order valence-corrected chi connectivity index (χ3v) is 3.78. The Morgan fingerprint density at radius 3 is 2.62 bits per heavy atom. The molecule has 1 N–H and O–H groups in total. The number of ether oxygens (including phenoxy) is 1. The molecule has 2 rings (SSSR count). The zero-order valence-electron chi connectivity index (χ0n) is 11.5. The summed E-state index contributed by atoms with van der Waals surface area (Å²) in [6.07, 6.45) is 0. The van der Waals surface area contributed by atoms with Gasteiger partial charge in [-0.05, 0) is 49.6 Å². The molecule has 21 heavy (non-hydrogen) atoms. The number of aryl methyl sites for hydroxylation is 1. The molecule has 0 unspecified atom stereocenters. The van der Waals surface area contributed by atoms with Crippen LogP contribution in [0.15, 0.2) is 24.3 Å². The lowest BCUT2D eigenvalue weighted by molar-refractivity contribution is 0.0527. The van der Waals surface area contributed by atoms with Gasteiger partial charge >= 0.3 is 5.97 Å². The predicted octanol–water partition coefficient (Wildman–Crippen LogP) is 3.53. The Morgan fingerprint density at radius 2 is 2.00 bits per heavy atom. The van der Waals surface area contributed by atoms with Crippen LogP contribution in [0.1, 0.15) is 33.3 Å². The molecule has 2 aromatic rings. The average Bonchev–Trinajstić information content (AvgIpc) is 2.80. The van der Waals surface area contributed by atoms with E-state index in [0.29, 0.717) is 26.8 Å². The van der Waals surface area contributed by atoms with Crippen molar-refractivity contribution in [2.24, 2.45) is 0 Å². The van der Waals surface area contributed by atoms with E-state index in [2.05, 4.69) is 9.69 Å². The molecule has 0 aliphatic carbocycles. The summed E-state index contributed by atoms with van der Waals surface area (Å²) in [5.74, 6) is -0.823. The first-order valence-electron chi connectivity index (χ1n) is 6.23. The van der Waals surface area contributed by atoms with Crippen molar-refractivity contribution in [1.82, 2.24) is 4.37 Å². The monoisotopic (exact) mass is 324 g/mol. The van der Waals surface area contributed by atoms with Crippen molar-refractivity contribution in [2.45, 2.75) is 13.8 Å². The van der Waals surface area contributed by atoms with E-state index in [9.17, 15) is 9.59 Å². The molecular weight excluding hydrogens is 312 g/mol. The SMILES string of the molecule is CCOC(=O)c1c(C)nsc1NC(=O)c1ccc(Cl)cc1. The van der Waals surface area contributed by atoms with Gasteiger partial charge in [-0.25, -0.2) is 4.79 Å². The second kappa shape index (κ2) is 6.69. The topological polar surface area (TPSA) is 68.3 Å². The van der Waals surface area contributed by atoms with E-state index in [-0.39, 0.29) is 12.5 Å². The summed E-state index contributed by atoms with van der Waals surface area (Å²) in [5, 5.41) is 3.61. The molecule has 110 valence electrons. The van der Waals surface area contributed by atoms with Crippen LogP contribution in [-0.4, -0.2) is 22.9 Å². The number of rotatable bonds is 4. The highest BCUT2D eigenvalue weighted by molar-refractivity contribution is 7.11. The van der Waals surface area contributed by atoms with Crippen LogP contribution >= 0.6 is 23.1 Å². The molecule has 0 fully saturated rings. The van der Waals surface area contributed by atoms with Crippen LogP contribution in [0.2, 0.25) is 5.02 Å². The molecule has 5 nitrogen and oxygen atoms in total. The van der Waals surface area contributed by atoms with Crippen LogP contribution in [0.4, 0.5) is 5.00 Å². The number of carbonyl (C=O) groups is 2. The zero-order valence-corrected chi connectivity index (χ0v) is 13.0. The Morgan fingerprint density at radius 1 is 1.33 bits per heavy atom. The second-order valence-electron chi connectivity index (χ2n) is 4.15. The van der Waals surface area contributed by atoms with Crippen LogP contribution in [0.25, 0.3) is 0 Å². The van der Waals surface area contributed by atoms with E-state index in [4.69, 9.17) is 16.3 Å². The van der Waals surface area contributed by atoms with Crippen molar-refractivity contribution in [3.05, 3.63) is 46.1 Å². The first-order chi connectivity index (χ1) is 10.0. The van der Waals surface area contributed by atoms with Gasteiger partial charge in [-0.3, -0.25) is 4.79 Å². The van der Waals surface area contributed by atoms with Crippen molar-refractivity contribution >= 4 is 40.0 Å². The number of nitrogens with one attached hydrogen (secondary N) is 1. The Labute approximate surface area is 131 Å². The molecular formula is C14H13ClN2O3S. The smallest absolute Gasteiger partial charge is 0.343 e. The summed E-state index contributed by atoms with van der Waals surface area (Å²) in [6, 6.07) is 6.46. The van der Waals surface area contributed by atoms with Crippen molar-refractivity contribution in [3.63, 3.8) is 0 Å². The van der Waals surface area contributed by atoms with E-state index >= 15 is 0 Å². The molecule has 0 saturated carbocycles. The van der Waals surface area contributed by atoms with Gasteiger partial charge in [0.15, 0.2) is 0 Å². The molecule has 0 aliphatic heterocycles. The summed E-state index contributed by atoms with van der Waals surface area (Å²) in [6.45, 7) is 3.68. The fourth-order valence-electron chi connectivity index (χ4n) is 1.68. The summed E-state index contributed by atoms with van der Waals surface area (Å²) in [4.78, 5) is 24.0. The molecule has 0 radical (unpaired) electrons. The molecule has 0 aliphatic rings. The Bertz CT molecular complexity index is 667. The molecule has 1 heterocycles. The van der Waals surface area contributed by atoms with E-state index in [1.54, 1.807) is 38.1 Å². The lowest BCUT2D eigenvalue weighted by Gasteiger charge is -2.06. The number of anilines is 1. The molecule has 7 heteroatoms. The fraction of sp³-hybridized carbons (Fsp3) is 0.214. The standard InChI is InChI=1S/C14H13ClN2O3S/c1-3-20-14(19)11-8(2)17-21-13(11)16-12(18)9-4-6-10(15)7-5-9/h4-7H,3H2,1-2H3,(H,16,18). The summed E-state index contributed by atoms with van der Waals surface area (Å²) in [5.41, 5.74) is 1.27. The summed E-state index contributed by atoms with van der Waals surface area (Å²) >= 11 is 6.83. The Kier molecular flexibility index (Phi) is 4.93. The normalized spacial score (nSPS) is 10.2. The van der Waals surface area contributed by atoms with Gasteiger partial charge in [-0.1, -0.05) is 11.6 Å². The number of benzene rings is 1. The number of carbonyl (C=O) groups excluding carboxylic acids is 2. The van der Waals surface area contributed by atoms with Gasteiger partial charge in [-0.15, -0.1) is 0 Å². The van der Waals surface area contributed by atoms with Gasteiger partial charge in [0.25, 0.3) is 5.91 Å². The van der Waals surface area contributed by atoms with Gasteiger partial charge in [0.2, 0.25) is 0 Å². The van der Waals surface area contributed by atoms with Crippen LogP contribution < -0.4 is 5.32 Å². The number of amides is 1. The average molecular weight is 325 g/mol. The lowest BCUT2D eigenvalue weighted by Crippen LogP contribution is -2.14. The van der Waals surface area contributed by atoms with Crippen LogP contribution in [0.3, 0.4) is 0 Å². The molecule has 1 amide bonds. The maximum Gasteiger partial charge on any atom is 0.343 e. The third kappa shape index (κ3) is 3.59. The Hall–Kier alpha value is -1.92. The number of halogens is 1. The molecule has 0 atom stereocenters. The minimum atomic E-state index is -0.491.